The monoisotopic (exact) mass is 209 g/mol. The molecule has 1 aromatic rings. The van der Waals surface area contributed by atoms with Crippen LogP contribution in [0.1, 0.15) is 24.2 Å². The molecule has 74 valence electrons. The van der Waals surface area contributed by atoms with E-state index in [0.717, 1.165) is 36.3 Å². The summed E-state index contributed by atoms with van der Waals surface area (Å²) >= 11 is 4.68. The molecule has 0 amide bonds. The summed E-state index contributed by atoms with van der Waals surface area (Å²) < 4.78 is 5.32. The van der Waals surface area contributed by atoms with E-state index in [4.69, 9.17) is 10.2 Å². The lowest BCUT2D eigenvalue weighted by Crippen LogP contribution is -2.26. The Morgan fingerprint density at radius 3 is 3.21 bits per heavy atom. The van der Waals surface area contributed by atoms with Gasteiger partial charge in [0, 0.05) is 12.0 Å². The highest BCUT2D eigenvalue weighted by Crippen LogP contribution is 2.22. The summed E-state index contributed by atoms with van der Waals surface area (Å²) in [6.45, 7) is 0. The predicted octanol–water partition coefficient (Wildman–Crippen LogP) is 1.15. The van der Waals surface area contributed by atoms with Crippen LogP contribution in [0.5, 0.6) is 0 Å². The third-order valence-electron chi connectivity index (χ3n) is 2.17. The van der Waals surface area contributed by atoms with E-state index < -0.39 is 0 Å². The van der Waals surface area contributed by atoms with Crippen LogP contribution in [0.25, 0.3) is 0 Å². The number of fused-ring (bicyclic) bond motifs is 1. The van der Waals surface area contributed by atoms with E-state index in [1.54, 1.807) is 6.26 Å². The van der Waals surface area contributed by atoms with Gasteiger partial charge in [-0.3, -0.25) is 5.43 Å². The van der Waals surface area contributed by atoms with Gasteiger partial charge in [-0.2, -0.15) is 5.10 Å². The van der Waals surface area contributed by atoms with Crippen LogP contribution in [0.4, 0.5) is 0 Å². The largest absolute Gasteiger partial charge is 0.469 e. The molecule has 5 heteroatoms. The van der Waals surface area contributed by atoms with E-state index in [-0.39, 0.29) is 5.11 Å². The van der Waals surface area contributed by atoms with Gasteiger partial charge in [0.05, 0.1) is 12.0 Å². The summed E-state index contributed by atoms with van der Waals surface area (Å²) in [5.41, 5.74) is 9.93. The number of hydrogen-bond donors (Lipinski definition) is 2. The second-order valence-electron chi connectivity index (χ2n) is 3.15. The summed E-state index contributed by atoms with van der Waals surface area (Å²) in [6.07, 6.45) is 4.65. The van der Waals surface area contributed by atoms with Crippen molar-refractivity contribution < 1.29 is 4.42 Å². The topological polar surface area (TPSA) is 63.5 Å². The van der Waals surface area contributed by atoms with Crippen molar-refractivity contribution in [1.29, 1.82) is 0 Å². The van der Waals surface area contributed by atoms with Crippen LogP contribution >= 0.6 is 12.2 Å². The number of hydrazone groups is 1. The van der Waals surface area contributed by atoms with Crippen LogP contribution in [-0.2, 0) is 6.42 Å². The van der Waals surface area contributed by atoms with Crippen molar-refractivity contribution in [3.05, 3.63) is 23.7 Å². The van der Waals surface area contributed by atoms with Crippen molar-refractivity contribution in [2.24, 2.45) is 10.8 Å². The summed E-state index contributed by atoms with van der Waals surface area (Å²) in [6, 6.07) is 1.93. The molecule has 0 saturated heterocycles. The fourth-order valence-corrected chi connectivity index (χ4v) is 1.63. The van der Waals surface area contributed by atoms with Crippen molar-refractivity contribution >= 4 is 23.0 Å². The van der Waals surface area contributed by atoms with Gasteiger partial charge in [-0.1, -0.05) is 0 Å². The first kappa shape index (κ1) is 9.21. The fraction of sp³-hybridized carbons (Fsp3) is 0.333. The molecular weight excluding hydrogens is 198 g/mol. The first-order valence-electron chi connectivity index (χ1n) is 4.46. The lowest BCUT2D eigenvalue weighted by molar-refractivity contribution is 0.498. The summed E-state index contributed by atoms with van der Waals surface area (Å²) in [5, 5.41) is 4.32. The molecule has 0 atom stereocenters. The Morgan fingerprint density at radius 1 is 1.57 bits per heavy atom. The molecule has 0 radical (unpaired) electrons. The molecule has 1 aliphatic carbocycles. The van der Waals surface area contributed by atoms with Crippen LogP contribution in [0.2, 0.25) is 0 Å². The molecule has 0 fully saturated rings. The van der Waals surface area contributed by atoms with Crippen molar-refractivity contribution in [3.63, 3.8) is 0 Å². The number of thiocarbonyl (C=S) groups is 1. The molecule has 0 bridgehead atoms. The lowest BCUT2D eigenvalue weighted by Gasteiger charge is -2.12. The Balaban J connectivity index is 2.23. The van der Waals surface area contributed by atoms with Gasteiger partial charge in [0.15, 0.2) is 5.11 Å². The number of nitrogens with zero attached hydrogens (tertiary/aromatic N) is 1. The Bertz CT molecular complexity index is 383. The number of rotatable bonds is 1. The summed E-state index contributed by atoms with van der Waals surface area (Å²) in [5.74, 6) is 1.000. The third-order valence-corrected chi connectivity index (χ3v) is 2.27. The van der Waals surface area contributed by atoms with Gasteiger partial charge >= 0.3 is 0 Å². The van der Waals surface area contributed by atoms with Gasteiger partial charge in [0.1, 0.15) is 5.76 Å². The average Bonchev–Trinajstić information content (AvgIpc) is 2.62. The highest BCUT2D eigenvalue weighted by atomic mass is 32.1. The van der Waals surface area contributed by atoms with E-state index in [2.05, 4.69) is 22.7 Å². The summed E-state index contributed by atoms with van der Waals surface area (Å²) in [4.78, 5) is 0. The molecule has 3 N–H and O–H groups in total. The van der Waals surface area contributed by atoms with E-state index in [1.807, 2.05) is 6.07 Å². The highest BCUT2D eigenvalue weighted by Gasteiger charge is 2.17. The Hall–Kier alpha value is -1.36. The van der Waals surface area contributed by atoms with Crippen LogP contribution in [0, 0.1) is 0 Å². The molecule has 0 aliphatic heterocycles. The second kappa shape index (κ2) is 3.79. The Kier molecular flexibility index (Phi) is 2.49. The second-order valence-corrected chi connectivity index (χ2v) is 3.59. The number of aryl methyl sites for hydroxylation is 1. The molecular formula is C9H11N3OS. The lowest BCUT2D eigenvalue weighted by atomic mass is 9.97. The first-order chi connectivity index (χ1) is 6.77. The molecule has 14 heavy (non-hydrogen) atoms. The maximum absolute atomic E-state index is 5.32. The van der Waals surface area contributed by atoms with Crippen LogP contribution in [0.3, 0.4) is 0 Å². The van der Waals surface area contributed by atoms with Gasteiger partial charge in [-0.05, 0) is 31.1 Å². The molecule has 0 spiro atoms. The molecule has 4 nitrogen and oxygen atoms in total. The summed E-state index contributed by atoms with van der Waals surface area (Å²) in [7, 11) is 0. The normalized spacial score (nSPS) is 17.9. The standard InChI is InChI=1S/C9H11N3OS/c10-9(14)12-11-7-2-1-3-8-6(7)4-5-13-8/h4-5H,1-3H2,(H3,10,12,14)/b11-7+. The van der Waals surface area contributed by atoms with E-state index in [1.165, 1.54) is 0 Å². The van der Waals surface area contributed by atoms with E-state index in [9.17, 15) is 0 Å². The quantitative estimate of drug-likeness (QED) is 0.538. The molecule has 0 aromatic carbocycles. The number of hydrogen-bond acceptors (Lipinski definition) is 3. The molecule has 0 unspecified atom stereocenters. The zero-order valence-electron chi connectivity index (χ0n) is 7.62. The van der Waals surface area contributed by atoms with Crippen LogP contribution in [0.15, 0.2) is 21.8 Å². The smallest absolute Gasteiger partial charge is 0.184 e. The van der Waals surface area contributed by atoms with E-state index >= 15 is 0 Å². The fourth-order valence-electron chi connectivity index (χ4n) is 1.58. The van der Waals surface area contributed by atoms with Crippen LogP contribution < -0.4 is 11.2 Å². The van der Waals surface area contributed by atoms with Gasteiger partial charge in [0.25, 0.3) is 0 Å². The predicted molar refractivity (Wildman–Crippen MR) is 58.1 cm³/mol. The van der Waals surface area contributed by atoms with Crippen LogP contribution in [-0.4, -0.2) is 10.8 Å². The molecule has 2 rings (SSSR count). The maximum atomic E-state index is 5.32. The van der Waals surface area contributed by atoms with Crippen molar-refractivity contribution in [2.75, 3.05) is 0 Å². The maximum Gasteiger partial charge on any atom is 0.184 e. The number of nitrogens with one attached hydrogen (secondary N) is 1. The van der Waals surface area contributed by atoms with Gasteiger partial charge in [-0.25, -0.2) is 0 Å². The minimum atomic E-state index is 0.188. The average molecular weight is 209 g/mol. The molecule has 1 aromatic heterocycles. The Morgan fingerprint density at radius 2 is 2.43 bits per heavy atom. The molecule has 1 heterocycles. The van der Waals surface area contributed by atoms with Crippen molar-refractivity contribution in [2.45, 2.75) is 19.3 Å². The SMILES string of the molecule is NC(=S)N/N=C1\CCCc2occc21. The number of nitrogens with two attached hydrogens (primary N) is 1. The number of furan rings is 1. The molecule has 0 saturated carbocycles. The first-order valence-corrected chi connectivity index (χ1v) is 4.87. The van der Waals surface area contributed by atoms with Crippen molar-refractivity contribution in [3.8, 4) is 0 Å². The third kappa shape index (κ3) is 1.77. The van der Waals surface area contributed by atoms with Gasteiger partial charge in [0.2, 0.25) is 0 Å². The zero-order chi connectivity index (χ0) is 9.97. The van der Waals surface area contributed by atoms with Gasteiger partial charge < -0.3 is 10.2 Å². The molecule has 1 aliphatic rings. The zero-order valence-corrected chi connectivity index (χ0v) is 8.43. The Labute approximate surface area is 87.2 Å². The van der Waals surface area contributed by atoms with E-state index in [0.29, 0.717) is 0 Å². The highest BCUT2D eigenvalue weighted by molar-refractivity contribution is 7.80. The van der Waals surface area contributed by atoms with Gasteiger partial charge in [-0.15, -0.1) is 0 Å². The van der Waals surface area contributed by atoms with Crippen molar-refractivity contribution in [1.82, 2.24) is 5.43 Å². The minimum absolute atomic E-state index is 0.188. The minimum Gasteiger partial charge on any atom is -0.469 e.